The molecule has 2 N–H and O–H groups in total. The maximum absolute atomic E-state index is 9.46. The Labute approximate surface area is 144 Å². The molecule has 1 saturated carbocycles. The second kappa shape index (κ2) is 8.56. The molecule has 0 aromatic carbocycles. The van der Waals surface area contributed by atoms with Gasteiger partial charge in [-0.05, 0) is 58.2 Å². The van der Waals surface area contributed by atoms with Crippen LogP contribution in [0.25, 0.3) is 0 Å². The van der Waals surface area contributed by atoms with Gasteiger partial charge in [-0.1, -0.05) is 12.8 Å². The fraction of sp³-hybridized carbons (Fsp3) is 0.833. The average Bonchev–Trinajstić information content (AvgIpc) is 3.19. The smallest absolute Gasteiger partial charge is 0.0959 e. The molecule has 0 bridgehead atoms. The number of nitrogens with one attached hydrogen (secondary N) is 1. The summed E-state index contributed by atoms with van der Waals surface area (Å²) in [4.78, 5) is 7.22. The van der Waals surface area contributed by atoms with Gasteiger partial charge < -0.3 is 15.3 Å². The Kier molecular flexibility index (Phi) is 6.45. The molecule has 23 heavy (non-hydrogen) atoms. The lowest BCUT2D eigenvalue weighted by atomic mass is 9.96. The summed E-state index contributed by atoms with van der Waals surface area (Å²) < 4.78 is 0. The van der Waals surface area contributed by atoms with Crippen molar-refractivity contribution in [2.24, 2.45) is 5.92 Å². The molecule has 4 nitrogen and oxygen atoms in total. The number of aliphatic hydroxyl groups excluding tert-OH is 1. The normalized spacial score (nSPS) is 22.7. The van der Waals surface area contributed by atoms with Crippen molar-refractivity contribution in [2.45, 2.75) is 64.0 Å². The van der Waals surface area contributed by atoms with E-state index >= 15 is 0 Å². The number of thiazole rings is 1. The van der Waals surface area contributed by atoms with Crippen LogP contribution in [0.1, 0.15) is 62.1 Å². The van der Waals surface area contributed by atoms with Crippen molar-refractivity contribution in [1.29, 1.82) is 0 Å². The third-order valence-electron chi connectivity index (χ3n) is 5.24. The number of aliphatic hydroxyl groups is 1. The highest BCUT2D eigenvalue weighted by atomic mass is 32.1. The predicted molar refractivity (Wildman–Crippen MR) is 95.9 cm³/mol. The Morgan fingerprint density at radius 2 is 2.04 bits per heavy atom. The topological polar surface area (TPSA) is 48.4 Å². The van der Waals surface area contributed by atoms with E-state index in [9.17, 15) is 5.11 Å². The van der Waals surface area contributed by atoms with Gasteiger partial charge in [-0.25, -0.2) is 4.98 Å². The molecule has 3 rings (SSSR count). The lowest BCUT2D eigenvalue weighted by Gasteiger charge is -2.32. The van der Waals surface area contributed by atoms with E-state index in [1.165, 1.54) is 49.2 Å². The van der Waals surface area contributed by atoms with Gasteiger partial charge in [-0.15, -0.1) is 11.3 Å². The number of aromatic nitrogens is 1. The molecule has 0 amide bonds. The third-order valence-corrected chi connectivity index (χ3v) is 6.30. The fourth-order valence-electron chi connectivity index (χ4n) is 3.92. The van der Waals surface area contributed by atoms with E-state index in [0.717, 1.165) is 44.6 Å². The Hall–Kier alpha value is -0.490. The Balaban J connectivity index is 1.34. The molecular weight excluding hydrogens is 306 g/mol. The highest BCUT2D eigenvalue weighted by Gasteiger charge is 2.21. The monoisotopic (exact) mass is 337 g/mol. The van der Waals surface area contributed by atoms with Crippen LogP contribution in [0.4, 0.5) is 0 Å². The predicted octanol–water partition coefficient (Wildman–Crippen LogP) is 2.98. The van der Waals surface area contributed by atoms with Crippen molar-refractivity contribution in [3.8, 4) is 0 Å². The SMILES string of the molecule is C[C@@H](O)CN1CCC(CNCc2csc(C3CCCC3)n2)CC1. The molecule has 1 aliphatic heterocycles. The number of rotatable bonds is 7. The molecule has 2 aliphatic rings. The highest BCUT2D eigenvalue weighted by Crippen LogP contribution is 2.35. The van der Waals surface area contributed by atoms with Gasteiger partial charge in [0.15, 0.2) is 0 Å². The van der Waals surface area contributed by atoms with Crippen LogP contribution >= 0.6 is 11.3 Å². The van der Waals surface area contributed by atoms with Gasteiger partial charge in [0.25, 0.3) is 0 Å². The molecule has 130 valence electrons. The molecule has 1 aromatic heterocycles. The van der Waals surface area contributed by atoms with Gasteiger partial charge >= 0.3 is 0 Å². The fourth-order valence-corrected chi connectivity index (χ4v) is 4.91. The molecule has 0 radical (unpaired) electrons. The van der Waals surface area contributed by atoms with Crippen LogP contribution in [0.2, 0.25) is 0 Å². The quantitative estimate of drug-likeness (QED) is 0.803. The summed E-state index contributed by atoms with van der Waals surface area (Å²) in [5.74, 6) is 1.51. The van der Waals surface area contributed by atoms with Crippen LogP contribution in [0.3, 0.4) is 0 Å². The first-order chi connectivity index (χ1) is 11.2. The summed E-state index contributed by atoms with van der Waals surface area (Å²) >= 11 is 1.86. The first-order valence-electron chi connectivity index (χ1n) is 9.26. The molecule has 1 aliphatic carbocycles. The number of piperidine rings is 1. The maximum atomic E-state index is 9.46. The van der Waals surface area contributed by atoms with Crippen molar-refractivity contribution in [2.75, 3.05) is 26.2 Å². The zero-order chi connectivity index (χ0) is 16.1. The molecular formula is C18H31N3OS. The summed E-state index contributed by atoms with van der Waals surface area (Å²) in [5, 5.41) is 16.7. The summed E-state index contributed by atoms with van der Waals surface area (Å²) in [7, 11) is 0. The molecule has 2 heterocycles. The zero-order valence-corrected chi connectivity index (χ0v) is 15.2. The second-order valence-corrected chi connectivity index (χ2v) is 8.27. The Bertz CT molecular complexity index is 463. The molecule has 2 fully saturated rings. The van der Waals surface area contributed by atoms with E-state index in [0.29, 0.717) is 0 Å². The van der Waals surface area contributed by atoms with Crippen molar-refractivity contribution in [1.82, 2.24) is 15.2 Å². The first kappa shape index (κ1) is 17.3. The standard InChI is InChI=1S/C18H31N3OS/c1-14(22)12-21-8-6-15(7-9-21)10-19-11-17-13-23-18(20-17)16-4-2-3-5-16/h13-16,19,22H,2-12H2,1H3/t14-/m1/s1. The Morgan fingerprint density at radius 1 is 1.30 bits per heavy atom. The summed E-state index contributed by atoms with van der Waals surface area (Å²) in [6.07, 6.45) is 7.71. The Morgan fingerprint density at radius 3 is 2.74 bits per heavy atom. The molecule has 1 aromatic rings. The number of hydrogen-bond acceptors (Lipinski definition) is 5. The minimum absolute atomic E-state index is 0.205. The van der Waals surface area contributed by atoms with Crippen LogP contribution in [0, 0.1) is 5.92 Å². The second-order valence-electron chi connectivity index (χ2n) is 7.38. The van der Waals surface area contributed by atoms with Crippen LogP contribution < -0.4 is 5.32 Å². The lowest BCUT2D eigenvalue weighted by molar-refractivity contribution is 0.0998. The lowest BCUT2D eigenvalue weighted by Crippen LogP contribution is -2.40. The summed E-state index contributed by atoms with van der Waals surface area (Å²) in [5.41, 5.74) is 1.23. The number of likely N-dealkylation sites (tertiary alicyclic amines) is 1. The third kappa shape index (κ3) is 5.24. The first-order valence-corrected chi connectivity index (χ1v) is 10.1. The van der Waals surface area contributed by atoms with Crippen LogP contribution in [0.5, 0.6) is 0 Å². The minimum atomic E-state index is -0.205. The van der Waals surface area contributed by atoms with Crippen molar-refractivity contribution >= 4 is 11.3 Å². The molecule has 0 unspecified atom stereocenters. The maximum Gasteiger partial charge on any atom is 0.0959 e. The summed E-state index contributed by atoms with van der Waals surface area (Å²) in [6.45, 7) is 6.96. The van der Waals surface area contributed by atoms with Gasteiger partial charge in [0.2, 0.25) is 0 Å². The number of hydrogen-bond donors (Lipinski definition) is 2. The average molecular weight is 338 g/mol. The molecule has 0 spiro atoms. The largest absolute Gasteiger partial charge is 0.392 e. The van der Waals surface area contributed by atoms with Gasteiger partial charge in [0.05, 0.1) is 16.8 Å². The van der Waals surface area contributed by atoms with Crippen LogP contribution in [-0.4, -0.2) is 47.3 Å². The van der Waals surface area contributed by atoms with E-state index in [4.69, 9.17) is 4.98 Å². The van der Waals surface area contributed by atoms with E-state index < -0.39 is 0 Å². The summed E-state index contributed by atoms with van der Waals surface area (Å²) in [6, 6.07) is 0. The highest BCUT2D eigenvalue weighted by molar-refractivity contribution is 7.09. The van der Waals surface area contributed by atoms with Gasteiger partial charge in [0.1, 0.15) is 0 Å². The number of β-amino-alcohol motifs (C(OH)–C–C–N with tert-alkyl or cyclic N) is 1. The van der Waals surface area contributed by atoms with Crippen molar-refractivity contribution < 1.29 is 5.11 Å². The van der Waals surface area contributed by atoms with Crippen LogP contribution in [-0.2, 0) is 6.54 Å². The zero-order valence-electron chi connectivity index (χ0n) is 14.3. The molecule has 1 saturated heterocycles. The van der Waals surface area contributed by atoms with Gasteiger partial charge in [0, 0.05) is 24.4 Å². The van der Waals surface area contributed by atoms with E-state index in [1.807, 2.05) is 18.3 Å². The van der Waals surface area contributed by atoms with Gasteiger partial charge in [-0.3, -0.25) is 0 Å². The van der Waals surface area contributed by atoms with Crippen LogP contribution in [0.15, 0.2) is 5.38 Å². The van der Waals surface area contributed by atoms with Crippen molar-refractivity contribution in [3.05, 3.63) is 16.1 Å². The number of nitrogens with zero attached hydrogens (tertiary/aromatic N) is 2. The van der Waals surface area contributed by atoms with E-state index in [1.54, 1.807) is 0 Å². The van der Waals surface area contributed by atoms with E-state index in [2.05, 4.69) is 15.6 Å². The minimum Gasteiger partial charge on any atom is -0.392 e. The van der Waals surface area contributed by atoms with Crippen molar-refractivity contribution in [3.63, 3.8) is 0 Å². The molecule has 1 atom stereocenters. The van der Waals surface area contributed by atoms with Gasteiger partial charge in [-0.2, -0.15) is 0 Å². The van der Waals surface area contributed by atoms with E-state index in [-0.39, 0.29) is 6.10 Å². The molecule has 5 heteroatoms.